The number of hydrogen-bond acceptors (Lipinski definition) is 3. The van der Waals surface area contributed by atoms with Gasteiger partial charge in [0.15, 0.2) is 11.5 Å². The minimum atomic E-state index is 0.666. The molecule has 22 heavy (non-hydrogen) atoms. The monoisotopic (exact) mass is 308 g/mol. The van der Waals surface area contributed by atoms with Crippen LogP contribution < -0.4 is 19.5 Å². The third-order valence-electron chi connectivity index (χ3n) is 4.56. The second-order valence-corrected chi connectivity index (χ2v) is 6.08. The molecule has 0 aliphatic heterocycles. The van der Waals surface area contributed by atoms with Gasteiger partial charge in [-0.15, -0.1) is 0 Å². The van der Waals surface area contributed by atoms with Crippen molar-refractivity contribution in [3.8, 4) is 17.2 Å². The minimum absolute atomic E-state index is 0.666. The molecular formula is C18H30NO3+. The fourth-order valence-electron chi connectivity index (χ4n) is 3.28. The molecule has 2 rings (SSSR count). The first-order valence-corrected chi connectivity index (χ1v) is 8.40. The quantitative estimate of drug-likeness (QED) is 0.879. The topological polar surface area (TPSA) is 44.3 Å². The van der Waals surface area contributed by atoms with Gasteiger partial charge in [-0.1, -0.05) is 19.3 Å². The third-order valence-corrected chi connectivity index (χ3v) is 4.56. The summed E-state index contributed by atoms with van der Waals surface area (Å²) < 4.78 is 16.2. The summed E-state index contributed by atoms with van der Waals surface area (Å²) in [5, 5.41) is 2.48. The molecule has 2 N–H and O–H groups in total. The normalized spacial score (nSPS) is 16.7. The Balaban J connectivity index is 2.02. The number of methoxy groups -OCH3 is 3. The zero-order chi connectivity index (χ0) is 15.8. The second-order valence-electron chi connectivity index (χ2n) is 6.08. The Hall–Kier alpha value is -1.42. The van der Waals surface area contributed by atoms with Crippen LogP contribution >= 0.6 is 0 Å². The molecule has 1 aliphatic rings. The van der Waals surface area contributed by atoms with Crippen molar-refractivity contribution in [2.24, 2.45) is 0 Å². The molecule has 1 fully saturated rings. The molecule has 0 unspecified atom stereocenters. The SMILES string of the molecule is COc1cc(C[NH2+]C2CCCCCCC2)cc(OC)c1OC. The summed E-state index contributed by atoms with van der Waals surface area (Å²) in [6.07, 6.45) is 9.63. The fraction of sp³-hybridized carbons (Fsp3) is 0.667. The van der Waals surface area contributed by atoms with Gasteiger partial charge in [-0.05, 0) is 37.8 Å². The van der Waals surface area contributed by atoms with E-state index in [-0.39, 0.29) is 0 Å². The molecule has 0 atom stereocenters. The van der Waals surface area contributed by atoms with Crippen molar-refractivity contribution in [3.63, 3.8) is 0 Å². The Kier molecular flexibility index (Phi) is 6.84. The predicted molar refractivity (Wildman–Crippen MR) is 87.8 cm³/mol. The molecule has 1 aromatic carbocycles. The highest BCUT2D eigenvalue weighted by atomic mass is 16.5. The van der Waals surface area contributed by atoms with Crippen molar-refractivity contribution in [2.45, 2.75) is 57.5 Å². The van der Waals surface area contributed by atoms with E-state index < -0.39 is 0 Å². The van der Waals surface area contributed by atoms with Gasteiger partial charge in [-0.3, -0.25) is 0 Å². The number of nitrogens with two attached hydrogens (primary N) is 1. The van der Waals surface area contributed by atoms with Gasteiger partial charge >= 0.3 is 0 Å². The highest BCUT2D eigenvalue weighted by Gasteiger charge is 2.17. The summed E-state index contributed by atoms with van der Waals surface area (Å²) in [5.41, 5.74) is 1.22. The summed E-state index contributed by atoms with van der Waals surface area (Å²) in [6.45, 7) is 0.960. The average molecular weight is 308 g/mol. The van der Waals surface area contributed by atoms with E-state index in [1.54, 1.807) is 21.3 Å². The van der Waals surface area contributed by atoms with Gasteiger partial charge in [-0.25, -0.2) is 0 Å². The van der Waals surface area contributed by atoms with Gasteiger partial charge in [0.25, 0.3) is 0 Å². The van der Waals surface area contributed by atoms with E-state index in [1.165, 1.54) is 50.5 Å². The molecule has 0 aromatic heterocycles. The molecule has 4 heteroatoms. The van der Waals surface area contributed by atoms with Crippen LogP contribution in [-0.4, -0.2) is 27.4 Å². The van der Waals surface area contributed by atoms with Crippen LogP contribution in [0.5, 0.6) is 17.2 Å². The van der Waals surface area contributed by atoms with Crippen LogP contribution in [0.3, 0.4) is 0 Å². The first-order valence-electron chi connectivity index (χ1n) is 8.40. The summed E-state index contributed by atoms with van der Waals surface area (Å²) in [7, 11) is 4.97. The van der Waals surface area contributed by atoms with Crippen molar-refractivity contribution in [1.29, 1.82) is 0 Å². The van der Waals surface area contributed by atoms with E-state index in [1.807, 2.05) is 0 Å². The standard InChI is InChI=1S/C18H29NO3/c1-20-16-11-14(12-17(21-2)18(16)22-3)13-19-15-9-7-5-4-6-8-10-15/h11-12,15,19H,4-10,13H2,1-3H3/p+1. The lowest BCUT2D eigenvalue weighted by Crippen LogP contribution is -2.88. The zero-order valence-electron chi connectivity index (χ0n) is 14.2. The van der Waals surface area contributed by atoms with Crippen LogP contribution in [0.25, 0.3) is 0 Å². The molecule has 0 saturated heterocycles. The van der Waals surface area contributed by atoms with Gasteiger partial charge in [-0.2, -0.15) is 0 Å². The van der Waals surface area contributed by atoms with Crippen molar-refractivity contribution >= 4 is 0 Å². The highest BCUT2D eigenvalue weighted by molar-refractivity contribution is 5.53. The average Bonchev–Trinajstić information content (AvgIpc) is 2.52. The molecular weight excluding hydrogens is 278 g/mol. The van der Waals surface area contributed by atoms with E-state index in [0.29, 0.717) is 5.75 Å². The van der Waals surface area contributed by atoms with E-state index in [2.05, 4.69) is 17.4 Å². The van der Waals surface area contributed by atoms with Crippen molar-refractivity contribution in [1.82, 2.24) is 0 Å². The number of rotatable bonds is 6. The van der Waals surface area contributed by atoms with Gasteiger partial charge in [0.1, 0.15) is 6.54 Å². The number of hydrogen-bond donors (Lipinski definition) is 1. The lowest BCUT2D eigenvalue weighted by Gasteiger charge is -2.19. The Morgan fingerprint density at radius 3 is 1.91 bits per heavy atom. The first-order chi connectivity index (χ1) is 10.8. The summed E-state index contributed by atoms with van der Waals surface area (Å²) in [4.78, 5) is 0. The Morgan fingerprint density at radius 2 is 1.41 bits per heavy atom. The van der Waals surface area contributed by atoms with E-state index >= 15 is 0 Å². The maximum absolute atomic E-state index is 5.43. The Morgan fingerprint density at radius 1 is 0.864 bits per heavy atom. The molecule has 1 saturated carbocycles. The van der Waals surface area contributed by atoms with E-state index in [9.17, 15) is 0 Å². The van der Waals surface area contributed by atoms with Crippen LogP contribution in [0, 0.1) is 0 Å². The maximum atomic E-state index is 5.43. The van der Waals surface area contributed by atoms with Gasteiger partial charge in [0, 0.05) is 5.56 Å². The lowest BCUT2D eigenvalue weighted by molar-refractivity contribution is -0.706. The van der Waals surface area contributed by atoms with Crippen molar-refractivity contribution in [2.75, 3.05) is 21.3 Å². The number of ether oxygens (including phenoxy) is 3. The fourth-order valence-corrected chi connectivity index (χ4v) is 3.28. The molecule has 1 aliphatic carbocycles. The lowest BCUT2D eigenvalue weighted by atomic mass is 9.96. The van der Waals surface area contributed by atoms with Gasteiger partial charge in [0.2, 0.25) is 5.75 Å². The molecule has 0 radical (unpaired) electrons. The molecule has 0 amide bonds. The minimum Gasteiger partial charge on any atom is -0.493 e. The molecule has 4 nitrogen and oxygen atoms in total. The highest BCUT2D eigenvalue weighted by Crippen LogP contribution is 2.37. The summed E-state index contributed by atoms with van der Waals surface area (Å²) >= 11 is 0. The Labute approximate surface area is 134 Å². The van der Waals surface area contributed by atoms with Gasteiger partial charge < -0.3 is 19.5 Å². The maximum Gasteiger partial charge on any atom is 0.203 e. The van der Waals surface area contributed by atoms with Crippen LogP contribution in [0.2, 0.25) is 0 Å². The van der Waals surface area contributed by atoms with Crippen LogP contribution in [0.1, 0.15) is 50.5 Å². The van der Waals surface area contributed by atoms with E-state index in [4.69, 9.17) is 14.2 Å². The second kappa shape index (κ2) is 8.89. The number of quaternary nitrogens is 1. The van der Waals surface area contributed by atoms with Crippen LogP contribution in [-0.2, 0) is 6.54 Å². The number of benzene rings is 1. The van der Waals surface area contributed by atoms with Crippen LogP contribution in [0.4, 0.5) is 0 Å². The van der Waals surface area contributed by atoms with Crippen molar-refractivity contribution in [3.05, 3.63) is 17.7 Å². The molecule has 1 aromatic rings. The summed E-state index contributed by atoms with van der Waals surface area (Å²) in [6, 6.07) is 4.86. The summed E-state index contributed by atoms with van der Waals surface area (Å²) in [5.74, 6) is 2.14. The molecule has 0 spiro atoms. The predicted octanol–water partition coefficient (Wildman–Crippen LogP) is 2.89. The van der Waals surface area contributed by atoms with Crippen molar-refractivity contribution < 1.29 is 19.5 Å². The molecule has 124 valence electrons. The smallest absolute Gasteiger partial charge is 0.203 e. The van der Waals surface area contributed by atoms with Crippen LogP contribution in [0.15, 0.2) is 12.1 Å². The van der Waals surface area contributed by atoms with E-state index in [0.717, 1.165) is 24.1 Å². The zero-order valence-corrected chi connectivity index (χ0v) is 14.2. The largest absolute Gasteiger partial charge is 0.493 e. The first kappa shape index (κ1) is 16.9. The molecule has 0 heterocycles. The molecule has 0 bridgehead atoms. The Bertz CT molecular complexity index is 429. The third kappa shape index (κ3) is 4.54. The van der Waals surface area contributed by atoms with Gasteiger partial charge in [0.05, 0.1) is 27.4 Å².